The molecule has 0 bridgehead atoms. The monoisotopic (exact) mass is 414 g/mol. The standard InChI is InChI=1S/C22H34N6O2/c1-4-22(30)11-5-6-18(12-22)25-19-16(13-23)14-24-21(27-19)26-17-9-7-15(8-10-17)20(29)28(2)3/h14-15,17-18,30H,4-12H2,1-3H3,(H2,24,25,26,27)/t15-,17-,18-,22+/m1/s1. The molecule has 0 unspecified atom stereocenters. The van der Waals surface area contributed by atoms with E-state index in [2.05, 4.69) is 26.7 Å². The number of carbonyl (C=O) groups is 1. The first kappa shape index (κ1) is 22.3. The Hall–Kier alpha value is -2.40. The Kier molecular flexibility index (Phi) is 7.14. The molecule has 1 amide bonds. The van der Waals surface area contributed by atoms with Crippen molar-refractivity contribution in [3.8, 4) is 6.07 Å². The first-order chi connectivity index (χ1) is 14.3. The second-order valence-electron chi connectivity index (χ2n) is 9.01. The lowest BCUT2D eigenvalue weighted by molar-refractivity contribution is -0.133. The van der Waals surface area contributed by atoms with Gasteiger partial charge in [0, 0.05) is 32.1 Å². The molecule has 2 atom stereocenters. The Morgan fingerprint density at radius 1 is 1.27 bits per heavy atom. The van der Waals surface area contributed by atoms with Gasteiger partial charge in [0.2, 0.25) is 11.9 Å². The molecule has 2 aliphatic carbocycles. The lowest BCUT2D eigenvalue weighted by Crippen LogP contribution is -2.40. The van der Waals surface area contributed by atoms with Gasteiger partial charge in [-0.3, -0.25) is 4.79 Å². The van der Waals surface area contributed by atoms with Crippen LogP contribution < -0.4 is 10.6 Å². The summed E-state index contributed by atoms with van der Waals surface area (Å²) in [5.74, 6) is 1.33. The molecule has 8 heteroatoms. The number of nitrogens with one attached hydrogen (secondary N) is 2. The number of aliphatic hydroxyl groups is 1. The zero-order valence-electron chi connectivity index (χ0n) is 18.3. The molecule has 1 heterocycles. The number of anilines is 2. The summed E-state index contributed by atoms with van der Waals surface area (Å²) in [7, 11) is 3.61. The van der Waals surface area contributed by atoms with E-state index in [1.807, 2.05) is 6.92 Å². The molecule has 30 heavy (non-hydrogen) atoms. The van der Waals surface area contributed by atoms with E-state index in [0.29, 0.717) is 23.8 Å². The normalized spacial score (nSPS) is 29.0. The van der Waals surface area contributed by atoms with Crippen LogP contribution in [0, 0.1) is 17.2 Å². The molecule has 2 aliphatic rings. The van der Waals surface area contributed by atoms with Crippen LogP contribution in [-0.2, 0) is 4.79 Å². The summed E-state index contributed by atoms with van der Waals surface area (Å²) in [5.41, 5.74) is -0.231. The third kappa shape index (κ3) is 5.39. The molecular formula is C22H34N6O2. The summed E-state index contributed by atoms with van der Waals surface area (Å²) >= 11 is 0. The van der Waals surface area contributed by atoms with Crippen LogP contribution in [0.25, 0.3) is 0 Å². The van der Waals surface area contributed by atoms with Gasteiger partial charge in [-0.25, -0.2) is 4.98 Å². The number of nitrogens with zero attached hydrogens (tertiary/aromatic N) is 4. The predicted octanol–water partition coefficient (Wildman–Crippen LogP) is 2.90. The van der Waals surface area contributed by atoms with Crippen molar-refractivity contribution < 1.29 is 9.90 Å². The molecule has 0 aliphatic heterocycles. The first-order valence-electron chi connectivity index (χ1n) is 11.1. The highest BCUT2D eigenvalue weighted by atomic mass is 16.3. The van der Waals surface area contributed by atoms with E-state index in [9.17, 15) is 15.2 Å². The highest BCUT2D eigenvalue weighted by molar-refractivity contribution is 5.78. The molecule has 0 aromatic carbocycles. The van der Waals surface area contributed by atoms with Crippen molar-refractivity contribution in [2.75, 3.05) is 24.7 Å². The minimum Gasteiger partial charge on any atom is -0.390 e. The van der Waals surface area contributed by atoms with Crippen LogP contribution in [-0.4, -0.2) is 57.7 Å². The van der Waals surface area contributed by atoms with Gasteiger partial charge in [-0.15, -0.1) is 0 Å². The van der Waals surface area contributed by atoms with Crippen LogP contribution in [0.5, 0.6) is 0 Å². The quantitative estimate of drug-likeness (QED) is 0.656. The van der Waals surface area contributed by atoms with Crippen LogP contribution in [0.15, 0.2) is 6.20 Å². The number of hydrogen-bond acceptors (Lipinski definition) is 7. The van der Waals surface area contributed by atoms with Crippen LogP contribution in [0.2, 0.25) is 0 Å². The molecule has 1 aromatic rings. The molecule has 2 saturated carbocycles. The smallest absolute Gasteiger partial charge is 0.225 e. The third-order valence-corrected chi connectivity index (χ3v) is 6.58. The van der Waals surface area contributed by atoms with E-state index < -0.39 is 5.60 Å². The minimum atomic E-state index is -0.639. The SMILES string of the molecule is CC[C@]1(O)CCC[C@@H](Nc2nc(N[C@H]3CC[C@H](C(=O)N(C)C)CC3)ncc2C#N)C1. The Balaban J connectivity index is 1.62. The van der Waals surface area contributed by atoms with Crippen molar-refractivity contribution >= 4 is 17.7 Å². The summed E-state index contributed by atoms with van der Waals surface area (Å²) in [6, 6.07) is 2.47. The Morgan fingerprint density at radius 2 is 2.00 bits per heavy atom. The summed E-state index contributed by atoms with van der Waals surface area (Å²) in [6.45, 7) is 2.01. The number of hydrogen-bond donors (Lipinski definition) is 3. The fourth-order valence-corrected chi connectivity index (χ4v) is 4.65. The fourth-order valence-electron chi connectivity index (χ4n) is 4.65. The van der Waals surface area contributed by atoms with Gasteiger partial charge in [0.25, 0.3) is 0 Å². The Bertz CT molecular complexity index is 784. The van der Waals surface area contributed by atoms with E-state index >= 15 is 0 Å². The highest BCUT2D eigenvalue weighted by Crippen LogP contribution is 2.33. The van der Waals surface area contributed by atoms with Gasteiger partial charge in [0.15, 0.2) is 0 Å². The fraction of sp³-hybridized carbons (Fsp3) is 0.727. The van der Waals surface area contributed by atoms with Crippen molar-refractivity contribution in [1.82, 2.24) is 14.9 Å². The molecule has 2 fully saturated rings. The van der Waals surface area contributed by atoms with Crippen LogP contribution in [0.4, 0.5) is 11.8 Å². The molecule has 3 rings (SSSR count). The minimum absolute atomic E-state index is 0.0889. The lowest BCUT2D eigenvalue weighted by atomic mass is 9.80. The van der Waals surface area contributed by atoms with Gasteiger partial charge >= 0.3 is 0 Å². The van der Waals surface area contributed by atoms with Gasteiger partial charge in [0.1, 0.15) is 17.5 Å². The van der Waals surface area contributed by atoms with Crippen molar-refractivity contribution in [3.05, 3.63) is 11.8 Å². The maximum Gasteiger partial charge on any atom is 0.225 e. The molecule has 0 radical (unpaired) electrons. The summed E-state index contributed by atoms with van der Waals surface area (Å²) in [6.07, 6.45) is 9.15. The van der Waals surface area contributed by atoms with Crippen molar-refractivity contribution in [2.45, 2.75) is 82.4 Å². The number of carbonyl (C=O) groups excluding carboxylic acids is 1. The van der Waals surface area contributed by atoms with Crippen LogP contribution >= 0.6 is 0 Å². The molecule has 1 aromatic heterocycles. The van der Waals surface area contributed by atoms with Gasteiger partial charge in [0.05, 0.1) is 11.8 Å². The topological polar surface area (TPSA) is 114 Å². The second-order valence-corrected chi connectivity index (χ2v) is 9.01. The van der Waals surface area contributed by atoms with Gasteiger partial charge < -0.3 is 20.6 Å². The largest absolute Gasteiger partial charge is 0.390 e. The summed E-state index contributed by atoms with van der Waals surface area (Å²) < 4.78 is 0. The van der Waals surface area contributed by atoms with Crippen LogP contribution in [0.1, 0.15) is 70.3 Å². The van der Waals surface area contributed by atoms with Crippen molar-refractivity contribution in [3.63, 3.8) is 0 Å². The molecular weight excluding hydrogens is 380 g/mol. The zero-order chi connectivity index (χ0) is 21.7. The van der Waals surface area contributed by atoms with Crippen molar-refractivity contribution in [1.29, 1.82) is 5.26 Å². The molecule has 8 nitrogen and oxygen atoms in total. The molecule has 164 valence electrons. The van der Waals surface area contributed by atoms with Gasteiger partial charge in [-0.1, -0.05) is 6.92 Å². The first-order valence-corrected chi connectivity index (χ1v) is 11.1. The zero-order valence-corrected chi connectivity index (χ0v) is 18.3. The van der Waals surface area contributed by atoms with Crippen LogP contribution in [0.3, 0.4) is 0 Å². The van der Waals surface area contributed by atoms with Gasteiger partial charge in [-0.2, -0.15) is 10.2 Å². The lowest BCUT2D eigenvalue weighted by Gasteiger charge is -2.36. The molecule has 3 N–H and O–H groups in total. The molecule has 0 spiro atoms. The highest BCUT2D eigenvalue weighted by Gasteiger charge is 2.33. The van der Waals surface area contributed by atoms with E-state index in [0.717, 1.165) is 51.4 Å². The predicted molar refractivity (Wildman–Crippen MR) is 116 cm³/mol. The average Bonchev–Trinajstić information content (AvgIpc) is 2.74. The molecule has 0 saturated heterocycles. The van der Waals surface area contributed by atoms with E-state index in [1.54, 1.807) is 25.2 Å². The van der Waals surface area contributed by atoms with Crippen molar-refractivity contribution in [2.24, 2.45) is 5.92 Å². The average molecular weight is 415 g/mol. The maximum atomic E-state index is 12.2. The van der Waals surface area contributed by atoms with Gasteiger partial charge in [-0.05, 0) is 57.8 Å². The summed E-state index contributed by atoms with van der Waals surface area (Å²) in [4.78, 5) is 22.7. The summed E-state index contributed by atoms with van der Waals surface area (Å²) in [5, 5.41) is 26.9. The number of rotatable bonds is 6. The van der Waals surface area contributed by atoms with E-state index in [1.165, 1.54) is 0 Å². The Morgan fingerprint density at radius 3 is 2.63 bits per heavy atom. The number of amides is 1. The Labute approximate surface area is 179 Å². The number of nitriles is 1. The maximum absolute atomic E-state index is 12.2. The second kappa shape index (κ2) is 9.61. The van der Waals surface area contributed by atoms with E-state index in [-0.39, 0.29) is 23.9 Å². The van der Waals surface area contributed by atoms with E-state index in [4.69, 9.17) is 0 Å². The third-order valence-electron chi connectivity index (χ3n) is 6.58. The number of aromatic nitrogens is 2.